The Morgan fingerprint density at radius 3 is 2.82 bits per heavy atom. The van der Waals surface area contributed by atoms with Crippen molar-refractivity contribution in [1.82, 2.24) is 10.6 Å². The van der Waals surface area contributed by atoms with Gasteiger partial charge in [0.25, 0.3) is 0 Å². The molecule has 17 heavy (non-hydrogen) atoms. The number of nitrogens with one attached hydrogen (secondary N) is 2. The molecule has 1 amide bonds. The van der Waals surface area contributed by atoms with Crippen LogP contribution in [0.3, 0.4) is 0 Å². The smallest absolute Gasteiger partial charge is 0.221 e. The van der Waals surface area contributed by atoms with E-state index in [0.29, 0.717) is 12.5 Å². The highest BCUT2D eigenvalue weighted by atomic mass is 16.1. The summed E-state index contributed by atoms with van der Waals surface area (Å²) in [6, 6.07) is 0.454. The van der Waals surface area contributed by atoms with Gasteiger partial charge in [0.15, 0.2) is 0 Å². The van der Waals surface area contributed by atoms with Crippen LogP contribution in [-0.4, -0.2) is 25.0 Å². The fourth-order valence-electron chi connectivity index (χ4n) is 2.06. The number of allylic oxidation sites excluding steroid dienone is 1. The number of rotatable bonds is 7. The molecule has 0 heterocycles. The number of hydrogen-bond donors (Lipinski definition) is 2. The third-order valence-corrected chi connectivity index (χ3v) is 3.06. The number of hydrogen-bond acceptors (Lipinski definition) is 2. The molecule has 1 aliphatic carbocycles. The van der Waals surface area contributed by atoms with Crippen LogP contribution in [0.5, 0.6) is 0 Å². The fraction of sp³-hybridized carbons (Fsp3) is 0.786. The molecule has 1 aliphatic rings. The number of carbonyl (C=O) groups is 1. The first-order valence-electron chi connectivity index (χ1n) is 6.86. The molecule has 0 fully saturated rings. The molecular formula is C14H26N2O. The van der Waals surface area contributed by atoms with E-state index in [2.05, 4.69) is 30.6 Å². The predicted octanol–water partition coefficient (Wildman–Crippen LogP) is 2.38. The van der Waals surface area contributed by atoms with Gasteiger partial charge in [-0.15, -0.1) is 0 Å². The van der Waals surface area contributed by atoms with Crippen molar-refractivity contribution < 1.29 is 4.79 Å². The lowest BCUT2D eigenvalue weighted by Gasteiger charge is -2.13. The van der Waals surface area contributed by atoms with Crippen LogP contribution in [0.25, 0.3) is 0 Å². The zero-order valence-electron chi connectivity index (χ0n) is 11.2. The molecule has 3 nitrogen and oxygen atoms in total. The molecule has 0 radical (unpaired) electrons. The molecule has 1 rings (SSSR count). The summed E-state index contributed by atoms with van der Waals surface area (Å²) in [6.07, 6.45) is 9.05. The van der Waals surface area contributed by atoms with Gasteiger partial charge in [-0.1, -0.05) is 25.5 Å². The first-order chi connectivity index (χ1) is 8.18. The first-order valence-corrected chi connectivity index (χ1v) is 6.86. The molecule has 0 aromatic heterocycles. The monoisotopic (exact) mass is 238 g/mol. The van der Waals surface area contributed by atoms with E-state index in [0.717, 1.165) is 19.5 Å². The largest absolute Gasteiger partial charge is 0.356 e. The Labute approximate surface area is 105 Å². The average molecular weight is 238 g/mol. The van der Waals surface area contributed by atoms with E-state index in [1.54, 1.807) is 0 Å². The van der Waals surface area contributed by atoms with Crippen molar-refractivity contribution in [2.75, 3.05) is 13.1 Å². The summed E-state index contributed by atoms with van der Waals surface area (Å²) < 4.78 is 0. The van der Waals surface area contributed by atoms with Crippen molar-refractivity contribution in [3.8, 4) is 0 Å². The molecule has 0 atom stereocenters. The fourth-order valence-corrected chi connectivity index (χ4v) is 2.06. The maximum atomic E-state index is 11.5. The third-order valence-electron chi connectivity index (χ3n) is 3.06. The average Bonchev–Trinajstić information content (AvgIpc) is 2.30. The highest BCUT2D eigenvalue weighted by molar-refractivity contribution is 5.76. The molecule has 0 bridgehead atoms. The summed E-state index contributed by atoms with van der Waals surface area (Å²) in [6.45, 7) is 5.75. The van der Waals surface area contributed by atoms with Crippen LogP contribution in [0.2, 0.25) is 0 Å². The summed E-state index contributed by atoms with van der Waals surface area (Å²) in [5.74, 6) is 0.162. The van der Waals surface area contributed by atoms with Crippen LogP contribution in [-0.2, 0) is 4.79 Å². The molecule has 0 aliphatic heterocycles. The highest BCUT2D eigenvalue weighted by Gasteiger charge is 2.05. The van der Waals surface area contributed by atoms with E-state index < -0.39 is 0 Å². The van der Waals surface area contributed by atoms with E-state index in [9.17, 15) is 4.79 Å². The van der Waals surface area contributed by atoms with Crippen LogP contribution in [0, 0.1) is 0 Å². The molecule has 0 aromatic rings. The lowest BCUT2D eigenvalue weighted by atomic mass is 9.97. The molecule has 98 valence electrons. The zero-order valence-corrected chi connectivity index (χ0v) is 11.2. The standard InChI is InChI=1S/C14H26N2O/c1-12(2)15-11-9-14(17)16-10-8-13-6-4-3-5-7-13/h6,12,15H,3-5,7-11H2,1-2H3,(H,16,17). The Kier molecular flexibility index (Phi) is 6.94. The Morgan fingerprint density at radius 2 is 2.18 bits per heavy atom. The molecule has 0 aromatic carbocycles. The maximum Gasteiger partial charge on any atom is 0.221 e. The molecule has 2 N–H and O–H groups in total. The molecule has 0 saturated carbocycles. The molecular weight excluding hydrogens is 212 g/mol. The van der Waals surface area contributed by atoms with E-state index in [1.807, 2.05) is 0 Å². The van der Waals surface area contributed by atoms with Crippen LogP contribution in [0.4, 0.5) is 0 Å². The van der Waals surface area contributed by atoms with Crippen molar-refractivity contribution in [3.63, 3.8) is 0 Å². The number of carbonyl (C=O) groups excluding carboxylic acids is 1. The van der Waals surface area contributed by atoms with Gasteiger partial charge in [0.05, 0.1) is 0 Å². The van der Waals surface area contributed by atoms with E-state index in [1.165, 1.54) is 31.3 Å². The summed E-state index contributed by atoms with van der Waals surface area (Å²) in [5.41, 5.74) is 1.52. The van der Waals surface area contributed by atoms with Crippen molar-refractivity contribution in [1.29, 1.82) is 0 Å². The van der Waals surface area contributed by atoms with E-state index in [-0.39, 0.29) is 5.91 Å². The van der Waals surface area contributed by atoms with Gasteiger partial charge in [-0.05, 0) is 32.1 Å². The van der Waals surface area contributed by atoms with Crippen LogP contribution in [0.1, 0.15) is 52.4 Å². The second kappa shape index (κ2) is 8.29. The van der Waals surface area contributed by atoms with E-state index in [4.69, 9.17) is 0 Å². The lowest BCUT2D eigenvalue weighted by Crippen LogP contribution is -2.31. The quantitative estimate of drug-likeness (QED) is 0.669. The Balaban J connectivity index is 2.01. The van der Waals surface area contributed by atoms with Gasteiger partial charge in [-0.25, -0.2) is 0 Å². The second-order valence-electron chi connectivity index (χ2n) is 5.07. The van der Waals surface area contributed by atoms with Crippen molar-refractivity contribution in [2.24, 2.45) is 0 Å². The summed E-state index contributed by atoms with van der Waals surface area (Å²) >= 11 is 0. The molecule has 3 heteroatoms. The normalized spacial score (nSPS) is 15.8. The first kappa shape index (κ1) is 14.2. The van der Waals surface area contributed by atoms with Gasteiger partial charge >= 0.3 is 0 Å². The van der Waals surface area contributed by atoms with Crippen LogP contribution < -0.4 is 10.6 Å². The summed E-state index contributed by atoms with van der Waals surface area (Å²) in [4.78, 5) is 11.5. The SMILES string of the molecule is CC(C)NCCC(=O)NCCC1=CCCCC1. The van der Waals surface area contributed by atoms with Crippen LogP contribution in [0.15, 0.2) is 11.6 Å². The Hall–Kier alpha value is -0.830. The summed E-state index contributed by atoms with van der Waals surface area (Å²) in [5, 5.41) is 6.23. The molecule has 0 saturated heterocycles. The highest BCUT2D eigenvalue weighted by Crippen LogP contribution is 2.19. The van der Waals surface area contributed by atoms with Crippen molar-refractivity contribution >= 4 is 5.91 Å². The second-order valence-corrected chi connectivity index (χ2v) is 5.07. The van der Waals surface area contributed by atoms with Crippen molar-refractivity contribution in [2.45, 2.75) is 58.4 Å². The predicted molar refractivity (Wildman–Crippen MR) is 71.9 cm³/mol. The summed E-state index contributed by atoms with van der Waals surface area (Å²) in [7, 11) is 0. The third kappa shape index (κ3) is 7.16. The topological polar surface area (TPSA) is 41.1 Å². The Morgan fingerprint density at radius 1 is 1.35 bits per heavy atom. The minimum atomic E-state index is 0.162. The van der Waals surface area contributed by atoms with Gasteiger partial charge in [0, 0.05) is 25.6 Å². The van der Waals surface area contributed by atoms with Gasteiger partial charge < -0.3 is 10.6 Å². The maximum absolute atomic E-state index is 11.5. The minimum absolute atomic E-state index is 0.162. The minimum Gasteiger partial charge on any atom is -0.356 e. The lowest BCUT2D eigenvalue weighted by molar-refractivity contribution is -0.120. The van der Waals surface area contributed by atoms with E-state index >= 15 is 0 Å². The van der Waals surface area contributed by atoms with Gasteiger partial charge in [0.1, 0.15) is 0 Å². The Bertz CT molecular complexity index is 259. The van der Waals surface area contributed by atoms with Gasteiger partial charge in [-0.2, -0.15) is 0 Å². The molecule has 0 unspecified atom stereocenters. The number of amides is 1. The van der Waals surface area contributed by atoms with Gasteiger partial charge in [0.2, 0.25) is 5.91 Å². The molecule has 0 spiro atoms. The van der Waals surface area contributed by atoms with Gasteiger partial charge in [-0.3, -0.25) is 4.79 Å². The van der Waals surface area contributed by atoms with Crippen LogP contribution >= 0.6 is 0 Å². The zero-order chi connectivity index (χ0) is 12.5. The van der Waals surface area contributed by atoms with Crippen molar-refractivity contribution in [3.05, 3.63) is 11.6 Å².